The van der Waals surface area contributed by atoms with Gasteiger partial charge in [0.2, 0.25) is 0 Å². The highest BCUT2D eigenvalue weighted by molar-refractivity contribution is 4.82. The summed E-state index contributed by atoms with van der Waals surface area (Å²) >= 11 is 0. The van der Waals surface area contributed by atoms with Gasteiger partial charge >= 0.3 is 0 Å². The Kier molecular flexibility index (Phi) is 4.46. The summed E-state index contributed by atoms with van der Waals surface area (Å²) in [6.45, 7) is 4.13. The molecule has 0 bridgehead atoms. The van der Waals surface area contributed by atoms with Crippen molar-refractivity contribution in [2.45, 2.75) is 0 Å². The van der Waals surface area contributed by atoms with Crippen molar-refractivity contribution in [3.63, 3.8) is 0 Å². The summed E-state index contributed by atoms with van der Waals surface area (Å²) in [6, 6.07) is 0. The van der Waals surface area contributed by atoms with Gasteiger partial charge in [0.15, 0.2) is 0 Å². The van der Waals surface area contributed by atoms with Gasteiger partial charge in [0.1, 0.15) is 0 Å². The van der Waals surface area contributed by atoms with E-state index in [-0.39, 0.29) is 0 Å². The van der Waals surface area contributed by atoms with Gasteiger partial charge in [0.25, 0.3) is 0 Å². The summed E-state index contributed by atoms with van der Waals surface area (Å²) in [7, 11) is 1.65. The van der Waals surface area contributed by atoms with Crippen molar-refractivity contribution in [3.8, 4) is 0 Å². The first-order chi connectivity index (χ1) is 2.91. The van der Waals surface area contributed by atoms with Crippen molar-refractivity contribution < 1.29 is 4.74 Å². The molecular formula is C5H9O. The van der Waals surface area contributed by atoms with Crippen LogP contribution < -0.4 is 0 Å². The maximum Gasteiger partial charge on any atom is 0.0643 e. The zero-order valence-electron chi connectivity index (χ0n) is 3.98. The first kappa shape index (κ1) is 5.70. The topological polar surface area (TPSA) is 9.23 Å². The fourth-order valence-corrected chi connectivity index (χ4v) is 0.164. The summed E-state index contributed by atoms with van der Waals surface area (Å²) < 4.78 is 4.66. The van der Waals surface area contributed by atoms with Crippen LogP contribution in [0.4, 0.5) is 0 Å². The summed E-state index contributed by atoms with van der Waals surface area (Å²) in [6.07, 6.45) is 3.56. The van der Waals surface area contributed by atoms with Gasteiger partial charge in [-0.3, -0.25) is 0 Å². The molecule has 1 heteroatoms. The maximum absolute atomic E-state index is 4.66. The van der Waals surface area contributed by atoms with Crippen molar-refractivity contribution >= 4 is 0 Å². The van der Waals surface area contributed by atoms with E-state index in [0.717, 1.165) is 0 Å². The molecule has 0 saturated carbocycles. The summed E-state index contributed by atoms with van der Waals surface area (Å²) in [5, 5.41) is 0. The first-order valence-electron chi connectivity index (χ1n) is 1.85. The fourth-order valence-electron chi connectivity index (χ4n) is 0.164. The molecule has 0 unspecified atom stereocenters. The van der Waals surface area contributed by atoms with Crippen molar-refractivity contribution in [1.29, 1.82) is 0 Å². The predicted octanol–water partition coefficient (Wildman–Crippen LogP) is 1.02. The molecule has 1 nitrogen and oxygen atoms in total. The Bertz CT molecular complexity index is 39.2. The Labute approximate surface area is 38.6 Å². The largest absolute Gasteiger partial charge is 0.381 e. The molecule has 1 radical (unpaired) electrons. The lowest BCUT2D eigenvalue weighted by atomic mass is 10.6. The molecule has 0 aromatic heterocycles. The van der Waals surface area contributed by atoms with E-state index in [4.69, 9.17) is 0 Å². The zero-order valence-corrected chi connectivity index (χ0v) is 3.98. The lowest BCUT2D eigenvalue weighted by Gasteiger charge is -1.81. The summed E-state index contributed by atoms with van der Waals surface area (Å²) in [5.41, 5.74) is 0. The third-order valence-electron chi connectivity index (χ3n) is 0.430. The zero-order chi connectivity index (χ0) is 4.83. The van der Waals surface area contributed by atoms with Crippen LogP contribution in [0.5, 0.6) is 0 Å². The Morgan fingerprint density at radius 3 is 2.67 bits per heavy atom. The molecule has 0 saturated heterocycles. The van der Waals surface area contributed by atoms with E-state index in [1.54, 1.807) is 13.2 Å². The number of hydrogen-bond donors (Lipinski definition) is 0. The van der Waals surface area contributed by atoms with Gasteiger partial charge in [-0.25, -0.2) is 0 Å². The third kappa shape index (κ3) is 3.70. The van der Waals surface area contributed by atoms with Gasteiger partial charge in [-0.1, -0.05) is 12.2 Å². The van der Waals surface area contributed by atoms with Crippen molar-refractivity contribution in [2.24, 2.45) is 0 Å². The van der Waals surface area contributed by atoms with Gasteiger partial charge in [0.05, 0.1) is 6.61 Å². The van der Waals surface area contributed by atoms with E-state index in [2.05, 4.69) is 11.7 Å². The minimum absolute atomic E-state index is 0.670. The molecule has 0 amide bonds. The van der Waals surface area contributed by atoms with Crippen LogP contribution in [0.3, 0.4) is 0 Å². The highest BCUT2D eigenvalue weighted by Gasteiger charge is 1.62. The monoisotopic (exact) mass is 85.1 g/mol. The molecule has 0 aliphatic heterocycles. The second kappa shape index (κ2) is 4.70. The molecular weight excluding hydrogens is 76.1 g/mol. The second-order valence-corrected chi connectivity index (χ2v) is 0.927. The molecule has 0 fully saturated rings. The quantitative estimate of drug-likeness (QED) is 0.486. The summed E-state index contributed by atoms with van der Waals surface area (Å²) in [4.78, 5) is 0. The van der Waals surface area contributed by atoms with Gasteiger partial charge < -0.3 is 4.74 Å². The Morgan fingerprint density at radius 2 is 2.50 bits per heavy atom. The van der Waals surface area contributed by atoms with E-state index in [1.165, 1.54) is 0 Å². The van der Waals surface area contributed by atoms with Crippen LogP contribution in [0.25, 0.3) is 0 Å². The minimum atomic E-state index is 0.670. The average Bonchev–Trinajstić information content (AvgIpc) is 1.61. The van der Waals surface area contributed by atoms with Crippen LogP contribution in [0, 0.1) is 6.92 Å². The molecule has 0 N–H and O–H groups in total. The van der Waals surface area contributed by atoms with E-state index in [1.807, 2.05) is 6.08 Å². The first-order valence-corrected chi connectivity index (χ1v) is 1.85. The molecule has 0 atom stereocenters. The highest BCUT2D eigenvalue weighted by Crippen LogP contribution is 1.68. The van der Waals surface area contributed by atoms with Crippen molar-refractivity contribution in [1.82, 2.24) is 0 Å². The van der Waals surface area contributed by atoms with Gasteiger partial charge in [-0.05, 0) is 6.92 Å². The summed E-state index contributed by atoms with van der Waals surface area (Å²) in [5.74, 6) is 0. The van der Waals surface area contributed by atoms with E-state index in [0.29, 0.717) is 6.61 Å². The molecule has 0 aromatic rings. The van der Waals surface area contributed by atoms with E-state index >= 15 is 0 Å². The lowest BCUT2D eigenvalue weighted by Crippen LogP contribution is -1.77. The molecule has 6 heavy (non-hydrogen) atoms. The van der Waals surface area contributed by atoms with Crippen LogP contribution in [-0.4, -0.2) is 13.7 Å². The van der Waals surface area contributed by atoms with Gasteiger partial charge in [0, 0.05) is 7.11 Å². The normalized spacial score (nSPS) is 10.3. The van der Waals surface area contributed by atoms with Gasteiger partial charge in [-0.2, -0.15) is 0 Å². The molecule has 35 valence electrons. The molecule has 0 aromatic carbocycles. The van der Waals surface area contributed by atoms with Crippen LogP contribution in [0.1, 0.15) is 0 Å². The van der Waals surface area contributed by atoms with E-state index in [9.17, 15) is 0 Å². The fraction of sp³-hybridized carbons (Fsp3) is 0.400. The molecule has 0 aliphatic rings. The Balaban J connectivity index is 2.66. The SMILES string of the molecule is [CH2]/C=C/COC. The number of allylic oxidation sites excluding steroid dienone is 1. The standard InChI is InChI=1S/C5H9O/c1-3-4-5-6-2/h3-4H,1,5H2,2H3/b4-3+. The van der Waals surface area contributed by atoms with Crippen LogP contribution in [0.15, 0.2) is 12.2 Å². The molecule has 0 spiro atoms. The maximum atomic E-state index is 4.66. The number of ether oxygens (including phenoxy) is 1. The van der Waals surface area contributed by atoms with Crippen LogP contribution in [-0.2, 0) is 4.74 Å². The van der Waals surface area contributed by atoms with Crippen LogP contribution >= 0.6 is 0 Å². The average molecular weight is 85.1 g/mol. The molecule has 0 heterocycles. The number of rotatable bonds is 2. The Hall–Kier alpha value is -0.300. The number of methoxy groups -OCH3 is 1. The highest BCUT2D eigenvalue weighted by atomic mass is 16.5. The van der Waals surface area contributed by atoms with Crippen molar-refractivity contribution in [2.75, 3.05) is 13.7 Å². The van der Waals surface area contributed by atoms with E-state index < -0.39 is 0 Å². The lowest BCUT2D eigenvalue weighted by molar-refractivity contribution is 0.234. The smallest absolute Gasteiger partial charge is 0.0643 e. The van der Waals surface area contributed by atoms with Crippen LogP contribution in [0.2, 0.25) is 0 Å². The molecule has 0 rings (SSSR count). The predicted molar refractivity (Wildman–Crippen MR) is 26.4 cm³/mol. The third-order valence-corrected chi connectivity index (χ3v) is 0.430. The Morgan fingerprint density at radius 1 is 1.83 bits per heavy atom. The van der Waals surface area contributed by atoms with Gasteiger partial charge in [-0.15, -0.1) is 0 Å². The second-order valence-electron chi connectivity index (χ2n) is 0.927. The van der Waals surface area contributed by atoms with Crippen molar-refractivity contribution in [3.05, 3.63) is 19.1 Å². The molecule has 0 aliphatic carbocycles. The number of hydrogen-bond acceptors (Lipinski definition) is 1. The minimum Gasteiger partial charge on any atom is -0.381 e.